The van der Waals surface area contributed by atoms with Crippen LogP contribution in [0.1, 0.15) is 5.56 Å². The molecule has 0 aromatic heterocycles. The van der Waals surface area contributed by atoms with Crippen molar-refractivity contribution >= 4 is 47.0 Å². The first-order valence-electron chi connectivity index (χ1n) is 13.2. The molecule has 0 heterocycles. The Morgan fingerprint density at radius 1 is 0.395 bits per heavy atom. The Kier molecular flexibility index (Phi) is 5.84. The SMILES string of the molecule is c1ccc(-c2ccc3ccccc3c2-c2c(C[Si]c3cccc4ccccc34)ccc3ccccc23)cc1. The molecule has 0 aliphatic rings. The maximum absolute atomic E-state index is 2.37. The summed E-state index contributed by atoms with van der Waals surface area (Å²) >= 11 is 0. The van der Waals surface area contributed by atoms with Crippen molar-refractivity contribution in [1.82, 2.24) is 0 Å². The fourth-order valence-corrected chi connectivity index (χ4v) is 7.04. The van der Waals surface area contributed by atoms with Crippen LogP contribution in [0.2, 0.25) is 0 Å². The second-order valence-corrected chi connectivity index (χ2v) is 11.0. The second-order valence-electron chi connectivity index (χ2n) is 9.78. The Hall–Kier alpha value is -4.46. The maximum Gasteiger partial charge on any atom is 0.0864 e. The number of rotatable bonds is 5. The molecule has 7 aromatic carbocycles. The fraction of sp³-hybridized carbons (Fsp3) is 0.0270. The number of hydrogen-bond donors (Lipinski definition) is 0. The molecule has 0 aliphatic heterocycles. The Bertz CT molecular complexity index is 1910. The second kappa shape index (κ2) is 9.78. The minimum Gasteiger partial charge on any atom is -0.0629 e. The Balaban J connectivity index is 1.48. The van der Waals surface area contributed by atoms with Gasteiger partial charge in [0.15, 0.2) is 0 Å². The van der Waals surface area contributed by atoms with Crippen LogP contribution in [0.25, 0.3) is 54.6 Å². The van der Waals surface area contributed by atoms with Crippen molar-refractivity contribution < 1.29 is 0 Å². The molecule has 0 N–H and O–H groups in total. The lowest BCUT2D eigenvalue weighted by atomic mass is 9.85. The van der Waals surface area contributed by atoms with E-state index in [2.05, 4.69) is 146 Å². The summed E-state index contributed by atoms with van der Waals surface area (Å²) in [7, 11) is 0.688. The normalized spacial score (nSPS) is 11.4. The summed E-state index contributed by atoms with van der Waals surface area (Å²) in [6, 6.07) is 54.2. The molecule has 38 heavy (non-hydrogen) atoms. The summed E-state index contributed by atoms with van der Waals surface area (Å²) < 4.78 is 0. The molecule has 0 fully saturated rings. The highest BCUT2D eigenvalue weighted by Crippen LogP contribution is 2.43. The average molecular weight is 499 g/mol. The van der Waals surface area contributed by atoms with Crippen molar-refractivity contribution in [3.63, 3.8) is 0 Å². The highest BCUT2D eigenvalue weighted by atomic mass is 28.2. The first-order chi connectivity index (χ1) is 18.9. The van der Waals surface area contributed by atoms with Gasteiger partial charge in [0.1, 0.15) is 0 Å². The van der Waals surface area contributed by atoms with Crippen LogP contribution in [0.15, 0.2) is 146 Å². The first-order valence-corrected chi connectivity index (χ1v) is 14.4. The summed E-state index contributed by atoms with van der Waals surface area (Å²) in [5.41, 5.74) is 6.65. The molecule has 7 aromatic rings. The van der Waals surface area contributed by atoms with Crippen LogP contribution in [0.4, 0.5) is 0 Å². The molecular formula is C37H26Si. The highest BCUT2D eigenvalue weighted by molar-refractivity contribution is 6.56. The molecule has 1 heteroatoms. The van der Waals surface area contributed by atoms with E-state index in [-0.39, 0.29) is 0 Å². The average Bonchev–Trinajstić information content (AvgIpc) is 2.99. The summed E-state index contributed by atoms with van der Waals surface area (Å²) in [5, 5.41) is 9.30. The largest absolute Gasteiger partial charge is 0.0864 e. The van der Waals surface area contributed by atoms with Crippen LogP contribution in [-0.4, -0.2) is 9.52 Å². The summed E-state index contributed by atoms with van der Waals surface area (Å²) in [6.45, 7) is 0. The molecular weight excluding hydrogens is 472 g/mol. The van der Waals surface area contributed by atoms with Crippen molar-refractivity contribution in [2.75, 3.05) is 0 Å². The van der Waals surface area contributed by atoms with E-state index in [1.807, 2.05) is 0 Å². The number of hydrogen-bond acceptors (Lipinski definition) is 0. The minimum atomic E-state index is 0.688. The molecule has 0 aliphatic carbocycles. The molecule has 0 unspecified atom stereocenters. The standard InChI is InChI=1S/C37H26Si/c1-2-11-27(12-3-1)34-24-23-29-15-6-9-19-33(29)37(34)36-30(22-21-28-14-5-8-18-32(28)36)25-38-35-20-10-16-26-13-4-7-17-31(26)35/h1-24H,25H2. The van der Waals surface area contributed by atoms with Gasteiger partial charge in [-0.1, -0.05) is 151 Å². The quantitative estimate of drug-likeness (QED) is 0.208. The predicted molar refractivity (Wildman–Crippen MR) is 165 cm³/mol. The van der Waals surface area contributed by atoms with Crippen molar-refractivity contribution in [3.05, 3.63) is 151 Å². The Morgan fingerprint density at radius 3 is 1.68 bits per heavy atom. The van der Waals surface area contributed by atoms with Crippen LogP contribution < -0.4 is 5.19 Å². The van der Waals surface area contributed by atoms with E-state index in [1.54, 1.807) is 0 Å². The molecule has 0 saturated carbocycles. The minimum absolute atomic E-state index is 0.688. The van der Waals surface area contributed by atoms with Crippen LogP contribution >= 0.6 is 0 Å². The van der Waals surface area contributed by atoms with Gasteiger partial charge >= 0.3 is 0 Å². The number of benzene rings is 7. The van der Waals surface area contributed by atoms with E-state index in [0.717, 1.165) is 6.04 Å². The van der Waals surface area contributed by atoms with Gasteiger partial charge in [-0.25, -0.2) is 0 Å². The molecule has 0 nitrogen and oxygen atoms in total. The van der Waals surface area contributed by atoms with Gasteiger partial charge in [0.2, 0.25) is 0 Å². The van der Waals surface area contributed by atoms with Gasteiger partial charge in [0.25, 0.3) is 0 Å². The van der Waals surface area contributed by atoms with Crippen LogP contribution in [0, 0.1) is 0 Å². The van der Waals surface area contributed by atoms with Gasteiger partial charge in [-0.05, 0) is 66.2 Å². The Labute approximate surface area is 226 Å². The third kappa shape index (κ3) is 4.02. The summed E-state index contributed by atoms with van der Waals surface area (Å²) in [6.07, 6.45) is 0. The van der Waals surface area contributed by atoms with E-state index in [9.17, 15) is 0 Å². The first kappa shape index (κ1) is 22.7. The molecule has 0 bridgehead atoms. The number of fused-ring (bicyclic) bond motifs is 3. The molecule has 7 rings (SSSR count). The van der Waals surface area contributed by atoms with Crippen LogP contribution in [-0.2, 0) is 6.04 Å². The molecule has 2 radical (unpaired) electrons. The Morgan fingerprint density at radius 2 is 0.947 bits per heavy atom. The zero-order chi connectivity index (χ0) is 25.3. The molecule has 0 saturated heterocycles. The topological polar surface area (TPSA) is 0 Å². The van der Waals surface area contributed by atoms with Gasteiger partial charge in [0.05, 0.1) is 9.52 Å². The zero-order valence-corrected chi connectivity index (χ0v) is 22.1. The van der Waals surface area contributed by atoms with Gasteiger partial charge < -0.3 is 0 Å². The van der Waals surface area contributed by atoms with Gasteiger partial charge in [0, 0.05) is 0 Å². The van der Waals surface area contributed by atoms with E-state index in [4.69, 9.17) is 0 Å². The zero-order valence-electron chi connectivity index (χ0n) is 21.1. The van der Waals surface area contributed by atoms with Crippen molar-refractivity contribution in [2.24, 2.45) is 0 Å². The lowest BCUT2D eigenvalue weighted by Crippen LogP contribution is -2.18. The highest BCUT2D eigenvalue weighted by Gasteiger charge is 2.18. The molecule has 0 atom stereocenters. The summed E-state index contributed by atoms with van der Waals surface area (Å²) in [5.74, 6) is 0. The molecule has 178 valence electrons. The molecule has 0 amide bonds. The summed E-state index contributed by atoms with van der Waals surface area (Å²) in [4.78, 5) is 0. The van der Waals surface area contributed by atoms with Crippen LogP contribution in [0.5, 0.6) is 0 Å². The lowest BCUT2D eigenvalue weighted by Gasteiger charge is -2.20. The molecule has 0 spiro atoms. The van der Waals surface area contributed by atoms with E-state index in [1.165, 1.54) is 65.3 Å². The third-order valence-electron chi connectivity index (χ3n) is 7.54. The third-order valence-corrected chi connectivity index (χ3v) is 8.91. The fourth-order valence-electron chi connectivity index (χ4n) is 5.73. The lowest BCUT2D eigenvalue weighted by molar-refractivity contribution is 1.41. The van der Waals surface area contributed by atoms with Crippen LogP contribution in [0.3, 0.4) is 0 Å². The predicted octanol–water partition coefficient (Wildman–Crippen LogP) is 9.01. The van der Waals surface area contributed by atoms with Crippen molar-refractivity contribution in [1.29, 1.82) is 0 Å². The van der Waals surface area contributed by atoms with E-state index < -0.39 is 0 Å². The van der Waals surface area contributed by atoms with Gasteiger partial charge in [-0.15, -0.1) is 0 Å². The van der Waals surface area contributed by atoms with Gasteiger partial charge in [-0.3, -0.25) is 0 Å². The maximum atomic E-state index is 2.37. The van der Waals surface area contributed by atoms with E-state index >= 15 is 0 Å². The van der Waals surface area contributed by atoms with E-state index in [0.29, 0.717) is 9.52 Å². The van der Waals surface area contributed by atoms with Crippen molar-refractivity contribution in [3.8, 4) is 22.3 Å². The smallest absolute Gasteiger partial charge is 0.0629 e. The van der Waals surface area contributed by atoms with Gasteiger partial charge in [-0.2, -0.15) is 0 Å². The monoisotopic (exact) mass is 498 g/mol. The van der Waals surface area contributed by atoms with Crippen molar-refractivity contribution in [2.45, 2.75) is 6.04 Å².